The second-order valence-corrected chi connectivity index (χ2v) is 10.6. The predicted octanol–water partition coefficient (Wildman–Crippen LogP) is 3.97. The Balaban J connectivity index is 1.73. The maximum Gasteiger partial charge on any atom is 0.407 e. The van der Waals surface area contributed by atoms with Crippen LogP contribution in [-0.2, 0) is 28.8 Å². The third kappa shape index (κ3) is 9.27. The summed E-state index contributed by atoms with van der Waals surface area (Å²) in [5, 5.41) is 14.1. The van der Waals surface area contributed by atoms with Crippen LogP contribution in [0, 0.1) is 5.92 Å². The Morgan fingerprint density at radius 3 is 2.35 bits per heavy atom. The summed E-state index contributed by atoms with van der Waals surface area (Å²) in [7, 11) is 0.0687. The normalized spacial score (nSPS) is 13.7. The summed E-state index contributed by atoms with van der Waals surface area (Å²) in [5.41, 5.74) is 1.71. The molecule has 0 fully saturated rings. The van der Waals surface area contributed by atoms with Crippen LogP contribution >= 0.6 is 0 Å². The highest BCUT2D eigenvalue weighted by molar-refractivity contribution is 7.82. The van der Waals surface area contributed by atoms with Crippen molar-refractivity contribution in [2.45, 2.75) is 43.9 Å². The van der Waals surface area contributed by atoms with Crippen molar-refractivity contribution in [3.8, 4) is 5.75 Å². The number of aromatic nitrogens is 1. The highest BCUT2D eigenvalue weighted by Crippen LogP contribution is 2.19. The maximum atomic E-state index is 13.4. The number of ether oxygens (including phenoxy) is 2. The van der Waals surface area contributed by atoms with E-state index in [0.717, 1.165) is 11.1 Å². The van der Waals surface area contributed by atoms with E-state index in [-0.39, 0.29) is 19.1 Å². The first-order valence-electron chi connectivity index (χ1n) is 12.2. The minimum absolute atomic E-state index is 0.0643. The van der Waals surface area contributed by atoms with Crippen molar-refractivity contribution in [1.29, 1.82) is 0 Å². The molecule has 2 aromatic carbocycles. The van der Waals surface area contributed by atoms with Gasteiger partial charge in [-0.2, -0.15) is 0 Å². The third-order valence-corrected chi connectivity index (χ3v) is 7.06. The van der Waals surface area contributed by atoms with Gasteiger partial charge in [-0.05, 0) is 48.2 Å². The fraction of sp³-hybridized carbons (Fsp3) is 0.357. The van der Waals surface area contributed by atoms with E-state index in [0.29, 0.717) is 23.6 Å². The second-order valence-electron chi connectivity index (χ2n) is 9.11. The molecule has 0 aliphatic heterocycles. The van der Waals surface area contributed by atoms with Crippen molar-refractivity contribution in [2.24, 2.45) is 5.92 Å². The molecule has 3 aromatic rings. The molecule has 37 heavy (non-hydrogen) atoms. The lowest BCUT2D eigenvalue weighted by atomic mass is 10.0. The van der Waals surface area contributed by atoms with Crippen molar-refractivity contribution in [3.05, 3.63) is 90.3 Å². The fourth-order valence-corrected chi connectivity index (χ4v) is 5.16. The monoisotopic (exact) mass is 525 g/mol. The zero-order chi connectivity index (χ0) is 26.6. The number of aliphatic hydroxyl groups is 1. The molecule has 0 aliphatic rings. The van der Waals surface area contributed by atoms with Crippen molar-refractivity contribution in [2.75, 3.05) is 20.2 Å². The van der Waals surface area contributed by atoms with Crippen LogP contribution in [0.4, 0.5) is 4.79 Å². The molecule has 3 atom stereocenters. The van der Waals surface area contributed by atoms with Crippen LogP contribution in [0.1, 0.15) is 25.0 Å². The van der Waals surface area contributed by atoms with E-state index in [4.69, 9.17) is 9.47 Å². The van der Waals surface area contributed by atoms with Gasteiger partial charge in [-0.15, -0.1) is 0 Å². The number of alkyl carbamates (subject to hydrolysis) is 1. The summed E-state index contributed by atoms with van der Waals surface area (Å²) in [5.74, 6) is 0.882. The van der Waals surface area contributed by atoms with Crippen molar-refractivity contribution in [1.82, 2.24) is 14.6 Å². The number of nitrogens with zero attached hydrogens (tertiary/aromatic N) is 2. The fourth-order valence-electron chi connectivity index (χ4n) is 3.77. The van der Waals surface area contributed by atoms with Crippen LogP contribution in [0.2, 0.25) is 0 Å². The first-order chi connectivity index (χ1) is 17.9. The number of amides is 1. The molecular formula is C28H35N3O5S. The van der Waals surface area contributed by atoms with Gasteiger partial charge in [-0.25, -0.2) is 13.3 Å². The Labute approximate surface area is 221 Å². The van der Waals surface area contributed by atoms with Gasteiger partial charge in [0.25, 0.3) is 0 Å². The molecule has 0 spiro atoms. The first-order valence-corrected chi connectivity index (χ1v) is 13.3. The van der Waals surface area contributed by atoms with Gasteiger partial charge in [-0.3, -0.25) is 4.98 Å². The molecule has 1 amide bonds. The first kappa shape index (κ1) is 28.3. The number of pyridine rings is 1. The zero-order valence-corrected chi connectivity index (χ0v) is 22.3. The van der Waals surface area contributed by atoms with Crippen molar-refractivity contribution < 1.29 is 23.6 Å². The van der Waals surface area contributed by atoms with Crippen molar-refractivity contribution >= 4 is 17.1 Å². The van der Waals surface area contributed by atoms with Crippen LogP contribution in [0.3, 0.4) is 0 Å². The molecule has 0 bridgehead atoms. The molecule has 1 heterocycles. The predicted molar refractivity (Wildman–Crippen MR) is 143 cm³/mol. The summed E-state index contributed by atoms with van der Waals surface area (Å²) in [4.78, 5) is 17.3. The Kier molecular flexibility index (Phi) is 11.1. The Bertz CT molecular complexity index is 1110. The molecule has 0 aliphatic carbocycles. The molecule has 8 nitrogen and oxygen atoms in total. The number of hydrogen-bond donors (Lipinski definition) is 2. The molecule has 0 radical (unpaired) electrons. The molecule has 1 unspecified atom stereocenters. The number of nitrogens with one attached hydrogen (secondary N) is 1. The number of methoxy groups -OCH3 is 1. The number of carbonyl (C=O) groups excluding carboxylic acids is 1. The Hall–Kier alpha value is -3.27. The van der Waals surface area contributed by atoms with E-state index in [2.05, 4.69) is 10.3 Å². The average Bonchev–Trinajstić information content (AvgIpc) is 2.91. The molecule has 2 N–H and O–H groups in total. The third-order valence-electron chi connectivity index (χ3n) is 5.61. The summed E-state index contributed by atoms with van der Waals surface area (Å²) in [6, 6.07) is 19.5. The van der Waals surface area contributed by atoms with Gasteiger partial charge in [0.05, 0.1) is 24.2 Å². The SMILES string of the molecule is COc1ccc(S(=O)N(CC(C)C)C[C@@H](O)[C@H](Cc2ccccc2)NC(=O)OCc2cccnc2)cc1. The molecule has 9 heteroatoms. The number of rotatable bonds is 13. The van der Waals surface area contributed by atoms with Crippen molar-refractivity contribution in [3.63, 3.8) is 0 Å². The molecule has 198 valence electrons. The summed E-state index contributed by atoms with van der Waals surface area (Å²) < 4.78 is 25.8. The van der Waals surface area contributed by atoms with Gasteiger partial charge in [0.15, 0.2) is 0 Å². The largest absolute Gasteiger partial charge is 0.497 e. The highest BCUT2D eigenvalue weighted by Gasteiger charge is 2.28. The van der Waals surface area contributed by atoms with E-state index < -0.39 is 29.2 Å². The Morgan fingerprint density at radius 1 is 1.03 bits per heavy atom. The Morgan fingerprint density at radius 2 is 1.73 bits per heavy atom. The number of carbonyl (C=O) groups is 1. The zero-order valence-electron chi connectivity index (χ0n) is 21.4. The van der Waals surface area contributed by atoms with Crippen LogP contribution in [-0.4, -0.2) is 57.0 Å². The van der Waals surface area contributed by atoms with Gasteiger partial charge < -0.3 is 19.9 Å². The number of hydrogen-bond acceptors (Lipinski definition) is 6. The van der Waals surface area contributed by atoms with Gasteiger partial charge in [0, 0.05) is 31.0 Å². The van der Waals surface area contributed by atoms with Gasteiger partial charge in [-0.1, -0.05) is 50.2 Å². The molecular weight excluding hydrogens is 490 g/mol. The van der Waals surface area contributed by atoms with E-state index >= 15 is 0 Å². The van der Waals surface area contributed by atoms with E-state index in [1.807, 2.05) is 50.2 Å². The van der Waals surface area contributed by atoms with E-state index in [1.54, 1.807) is 54.1 Å². The molecule has 3 rings (SSSR count). The highest BCUT2D eigenvalue weighted by atomic mass is 32.2. The molecule has 1 aromatic heterocycles. The van der Waals surface area contributed by atoms with Crippen LogP contribution < -0.4 is 10.1 Å². The lowest BCUT2D eigenvalue weighted by Gasteiger charge is -2.30. The van der Waals surface area contributed by atoms with Crippen LogP contribution in [0.5, 0.6) is 5.75 Å². The van der Waals surface area contributed by atoms with E-state index in [1.165, 1.54) is 0 Å². The maximum absolute atomic E-state index is 13.4. The molecule has 0 saturated carbocycles. The molecule has 0 saturated heterocycles. The average molecular weight is 526 g/mol. The summed E-state index contributed by atoms with van der Waals surface area (Å²) in [6.45, 7) is 4.71. The minimum atomic E-state index is -1.51. The van der Waals surface area contributed by atoms with E-state index in [9.17, 15) is 14.1 Å². The second kappa shape index (κ2) is 14.5. The topological polar surface area (TPSA) is 101 Å². The van der Waals surface area contributed by atoms with Crippen LogP contribution in [0.15, 0.2) is 84.0 Å². The smallest absolute Gasteiger partial charge is 0.407 e. The lowest BCUT2D eigenvalue weighted by molar-refractivity contribution is 0.0882. The summed E-state index contributed by atoms with van der Waals surface area (Å²) >= 11 is 0. The van der Waals surface area contributed by atoms with Gasteiger partial charge in [0.1, 0.15) is 23.3 Å². The van der Waals surface area contributed by atoms with Gasteiger partial charge >= 0.3 is 6.09 Å². The lowest BCUT2D eigenvalue weighted by Crippen LogP contribution is -2.50. The summed E-state index contributed by atoms with van der Waals surface area (Å²) in [6.07, 6.45) is 2.01. The van der Waals surface area contributed by atoms with Crippen LogP contribution in [0.25, 0.3) is 0 Å². The van der Waals surface area contributed by atoms with Gasteiger partial charge in [0.2, 0.25) is 0 Å². The minimum Gasteiger partial charge on any atom is -0.497 e. The standard InChI is InChI=1S/C28H35N3O5S/c1-21(2)18-31(37(34)25-13-11-24(35-3)12-14-25)19-27(32)26(16-22-8-5-4-6-9-22)30-28(33)36-20-23-10-7-15-29-17-23/h4-15,17,21,26-27,32H,16,18-20H2,1-3H3,(H,30,33)/t26-,27+,37?/m0/s1. The quantitative estimate of drug-likeness (QED) is 0.350. The number of aliphatic hydroxyl groups excluding tert-OH is 1. The number of benzene rings is 2.